The number of benzene rings is 2. The minimum Gasteiger partial charge on any atom is -0.312 e. The molecule has 0 aromatic heterocycles. The van der Waals surface area contributed by atoms with Gasteiger partial charge in [0.15, 0.2) is 0 Å². The van der Waals surface area contributed by atoms with Gasteiger partial charge in [-0.1, -0.05) is 55.5 Å². The summed E-state index contributed by atoms with van der Waals surface area (Å²) in [4.78, 5) is 2.64. The van der Waals surface area contributed by atoms with Gasteiger partial charge in [0, 0.05) is 19.1 Å². The molecule has 2 aliphatic rings. The topological polar surface area (TPSA) is 15.3 Å². The Morgan fingerprint density at radius 3 is 2.00 bits per heavy atom. The Hall–Kier alpha value is -1.64. The first kappa shape index (κ1) is 14.0. The second-order valence-electron chi connectivity index (χ2n) is 6.51. The molecule has 114 valence electrons. The molecule has 2 heteroatoms. The van der Waals surface area contributed by atoms with Crippen LogP contribution in [0.1, 0.15) is 35.2 Å². The minimum absolute atomic E-state index is 0.435. The first-order valence-electron chi connectivity index (χ1n) is 8.50. The van der Waals surface area contributed by atoms with Gasteiger partial charge in [0.25, 0.3) is 0 Å². The van der Waals surface area contributed by atoms with Crippen LogP contribution in [0.15, 0.2) is 48.5 Å². The second kappa shape index (κ2) is 5.86. The lowest BCUT2D eigenvalue weighted by Gasteiger charge is -2.45. The minimum atomic E-state index is 0.435. The van der Waals surface area contributed by atoms with Gasteiger partial charge >= 0.3 is 0 Å². The summed E-state index contributed by atoms with van der Waals surface area (Å²) >= 11 is 0. The number of aryl methyl sites for hydroxylation is 2. The fourth-order valence-electron chi connectivity index (χ4n) is 4.03. The fraction of sp³-hybridized carbons (Fsp3) is 0.400. The molecule has 2 nitrogen and oxygen atoms in total. The number of hydrogen-bond donors (Lipinski definition) is 1. The Labute approximate surface area is 133 Å². The molecule has 0 spiro atoms. The van der Waals surface area contributed by atoms with Crippen molar-refractivity contribution in [2.24, 2.45) is 0 Å². The number of likely N-dealkylation sites (N-methyl/N-ethyl adjacent to an activating group) is 1. The van der Waals surface area contributed by atoms with E-state index in [9.17, 15) is 0 Å². The lowest BCUT2D eigenvalue weighted by atomic mass is 9.90. The van der Waals surface area contributed by atoms with Gasteiger partial charge < -0.3 is 5.32 Å². The van der Waals surface area contributed by atoms with E-state index in [4.69, 9.17) is 0 Å². The number of fused-ring (bicyclic) bond motifs is 2. The molecule has 0 bridgehead atoms. The van der Waals surface area contributed by atoms with Crippen LogP contribution in [0.25, 0.3) is 0 Å². The quantitative estimate of drug-likeness (QED) is 0.935. The van der Waals surface area contributed by atoms with Crippen molar-refractivity contribution in [3.05, 3.63) is 70.8 Å². The zero-order valence-electron chi connectivity index (χ0n) is 13.3. The van der Waals surface area contributed by atoms with Gasteiger partial charge in [-0.3, -0.25) is 4.90 Å². The molecule has 22 heavy (non-hydrogen) atoms. The van der Waals surface area contributed by atoms with E-state index >= 15 is 0 Å². The SMILES string of the molecule is CCNC1CN(C2c3ccccc3CCc3ccccc32)C1. The smallest absolute Gasteiger partial charge is 0.0608 e. The Balaban J connectivity index is 1.72. The van der Waals surface area contributed by atoms with E-state index in [0.717, 1.165) is 32.5 Å². The van der Waals surface area contributed by atoms with Crippen LogP contribution in [-0.4, -0.2) is 30.6 Å². The largest absolute Gasteiger partial charge is 0.312 e. The number of likely N-dealkylation sites (tertiary alicyclic amines) is 1. The summed E-state index contributed by atoms with van der Waals surface area (Å²) in [7, 11) is 0. The van der Waals surface area contributed by atoms with E-state index in [1.165, 1.54) is 22.3 Å². The molecule has 0 amide bonds. The van der Waals surface area contributed by atoms with E-state index in [1.807, 2.05) is 0 Å². The molecular weight excluding hydrogens is 268 g/mol. The highest BCUT2D eigenvalue weighted by molar-refractivity contribution is 5.44. The van der Waals surface area contributed by atoms with Crippen molar-refractivity contribution in [2.45, 2.75) is 31.8 Å². The highest BCUT2D eigenvalue weighted by Gasteiger charge is 2.36. The zero-order chi connectivity index (χ0) is 14.9. The number of rotatable bonds is 3. The van der Waals surface area contributed by atoms with Crippen molar-refractivity contribution in [2.75, 3.05) is 19.6 Å². The van der Waals surface area contributed by atoms with Crippen LogP contribution in [0.5, 0.6) is 0 Å². The highest BCUT2D eigenvalue weighted by atomic mass is 15.3. The van der Waals surface area contributed by atoms with Crippen molar-refractivity contribution < 1.29 is 0 Å². The monoisotopic (exact) mass is 292 g/mol. The molecule has 1 saturated heterocycles. The van der Waals surface area contributed by atoms with E-state index in [0.29, 0.717) is 12.1 Å². The van der Waals surface area contributed by atoms with E-state index < -0.39 is 0 Å². The van der Waals surface area contributed by atoms with Gasteiger partial charge in [0.1, 0.15) is 0 Å². The molecular formula is C20H24N2. The molecule has 2 aromatic rings. The molecule has 1 N–H and O–H groups in total. The molecule has 1 fully saturated rings. The standard InChI is InChI=1S/C20H24N2/c1-2-21-17-13-22(14-17)20-18-9-5-3-7-15(18)11-12-16-8-4-6-10-19(16)20/h3-10,17,20-21H,2,11-14H2,1H3. The van der Waals surface area contributed by atoms with Gasteiger partial charge in [-0.05, 0) is 41.6 Å². The van der Waals surface area contributed by atoms with Crippen LogP contribution in [0.2, 0.25) is 0 Å². The Kier molecular flexibility index (Phi) is 3.73. The van der Waals surface area contributed by atoms with Crippen LogP contribution < -0.4 is 5.32 Å². The lowest BCUT2D eigenvalue weighted by Crippen LogP contribution is -2.58. The summed E-state index contributed by atoms with van der Waals surface area (Å²) in [5.41, 5.74) is 6.08. The van der Waals surface area contributed by atoms with Gasteiger partial charge in [0.2, 0.25) is 0 Å². The Bertz CT molecular complexity index is 611. The highest BCUT2D eigenvalue weighted by Crippen LogP contribution is 2.38. The Morgan fingerprint density at radius 1 is 0.909 bits per heavy atom. The molecule has 0 saturated carbocycles. The molecule has 2 aromatic carbocycles. The van der Waals surface area contributed by atoms with Crippen molar-refractivity contribution in [1.29, 1.82) is 0 Å². The summed E-state index contributed by atoms with van der Waals surface area (Å²) in [6, 6.07) is 19.2. The number of nitrogens with zero attached hydrogens (tertiary/aromatic N) is 1. The molecule has 0 atom stereocenters. The molecule has 0 radical (unpaired) electrons. The fourth-order valence-corrected chi connectivity index (χ4v) is 4.03. The Morgan fingerprint density at radius 2 is 1.45 bits per heavy atom. The maximum absolute atomic E-state index is 3.57. The van der Waals surface area contributed by atoms with Gasteiger partial charge in [-0.2, -0.15) is 0 Å². The molecule has 1 aliphatic heterocycles. The molecule has 4 rings (SSSR count). The second-order valence-corrected chi connectivity index (χ2v) is 6.51. The van der Waals surface area contributed by atoms with Crippen molar-refractivity contribution in [3.63, 3.8) is 0 Å². The van der Waals surface area contributed by atoms with Crippen molar-refractivity contribution in [3.8, 4) is 0 Å². The summed E-state index contributed by atoms with van der Waals surface area (Å²) in [5.74, 6) is 0. The average molecular weight is 292 g/mol. The summed E-state index contributed by atoms with van der Waals surface area (Å²) in [6.45, 7) is 5.57. The number of nitrogens with one attached hydrogen (secondary N) is 1. The average Bonchev–Trinajstić information content (AvgIpc) is 2.68. The zero-order valence-corrected chi connectivity index (χ0v) is 13.3. The summed E-state index contributed by atoms with van der Waals surface area (Å²) in [5, 5.41) is 3.57. The van der Waals surface area contributed by atoms with E-state index in [1.54, 1.807) is 0 Å². The van der Waals surface area contributed by atoms with E-state index in [2.05, 4.69) is 65.7 Å². The summed E-state index contributed by atoms with van der Waals surface area (Å²) in [6.07, 6.45) is 2.32. The molecule has 1 heterocycles. The van der Waals surface area contributed by atoms with Crippen LogP contribution in [-0.2, 0) is 12.8 Å². The number of hydrogen-bond acceptors (Lipinski definition) is 2. The normalized spacial score (nSPS) is 19.1. The maximum atomic E-state index is 3.57. The molecule has 0 unspecified atom stereocenters. The van der Waals surface area contributed by atoms with Crippen LogP contribution >= 0.6 is 0 Å². The van der Waals surface area contributed by atoms with Gasteiger partial charge in [-0.25, -0.2) is 0 Å². The lowest BCUT2D eigenvalue weighted by molar-refractivity contribution is 0.0940. The van der Waals surface area contributed by atoms with Crippen molar-refractivity contribution >= 4 is 0 Å². The predicted molar refractivity (Wildman–Crippen MR) is 91.2 cm³/mol. The predicted octanol–water partition coefficient (Wildman–Crippen LogP) is 3.17. The van der Waals surface area contributed by atoms with Crippen LogP contribution in [0, 0.1) is 0 Å². The first-order chi connectivity index (χ1) is 10.9. The first-order valence-corrected chi connectivity index (χ1v) is 8.50. The van der Waals surface area contributed by atoms with Crippen LogP contribution in [0.4, 0.5) is 0 Å². The van der Waals surface area contributed by atoms with Gasteiger partial charge in [-0.15, -0.1) is 0 Å². The third-order valence-corrected chi connectivity index (χ3v) is 5.13. The summed E-state index contributed by atoms with van der Waals surface area (Å²) < 4.78 is 0. The maximum Gasteiger partial charge on any atom is 0.0608 e. The van der Waals surface area contributed by atoms with E-state index in [-0.39, 0.29) is 0 Å². The molecule has 1 aliphatic carbocycles. The van der Waals surface area contributed by atoms with Crippen LogP contribution in [0.3, 0.4) is 0 Å². The van der Waals surface area contributed by atoms with Crippen molar-refractivity contribution in [1.82, 2.24) is 10.2 Å². The van der Waals surface area contributed by atoms with Gasteiger partial charge in [0.05, 0.1) is 6.04 Å². The third kappa shape index (κ3) is 2.37. The third-order valence-electron chi connectivity index (χ3n) is 5.13.